The minimum Gasteiger partial charge on any atom is -0.480 e. The number of fused-ring (bicyclic) bond motifs is 1. The summed E-state index contributed by atoms with van der Waals surface area (Å²) in [5, 5.41) is 10.0. The van der Waals surface area contributed by atoms with Crippen LogP contribution in [0.3, 0.4) is 0 Å². The van der Waals surface area contributed by atoms with E-state index in [0.29, 0.717) is 6.54 Å². The molecule has 0 bridgehead atoms. The molecule has 0 atom stereocenters. The highest BCUT2D eigenvalue weighted by atomic mass is 79.9. The molecular weight excluding hydrogens is 296 g/mol. The Morgan fingerprint density at radius 3 is 2.89 bits per heavy atom. The van der Waals surface area contributed by atoms with Gasteiger partial charge in [0.25, 0.3) is 0 Å². The van der Waals surface area contributed by atoms with Crippen molar-refractivity contribution in [3.05, 3.63) is 34.4 Å². The number of nitrogens with two attached hydrogens (primary N) is 1. The van der Waals surface area contributed by atoms with Crippen molar-refractivity contribution in [2.45, 2.75) is 19.4 Å². The zero-order chi connectivity index (χ0) is 13.1. The van der Waals surface area contributed by atoms with Gasteiger partial charge in [0.05, 0.1) is 0 Å². The third-order valence-corrected chi connectivity index (χ3v) is 3.38. The van der Waals surface area contributed by atoms with Crippen LogP contribution in [0.2, 0.25) is 0 Å². The highest BCUT2D eigenvalue weighted by molar-refractivity contribution is 9.10. The van der Waals surface area contributed by atoms with Crippen LogP contribution in [-0.4, -0.2) is 22.2 Å². The Kier molecular flexibility index (Phi) is 4.04. The number of nitrogens with zero attached hydrogens (tertiary/aromatic N) is 1. The molecule has 0 fully saturated rings. The zero-order valence-electron chi connectivity index (χ0n) is 9.90. The van der Waals surface area contributed by atoms with Crippen molar-refractivity contribution in [2.24, 2.45) is 5.73 Å². The molecule has 0 saturated carbocycles. The molecule has 0 radical (unpaired) electrons. The number of halogens is 1. The molecule has 0 aliphatic heterocycles. The second kappa shape index (κ2) is 5.54. The third kappa shape index (κ3) is 2.73. The lowest BCUT2D eigenvalue weighted by atomic mass is 10.1. The molecule has 96 valence electrons. The highest BCUT2D eigenvalue weighted by Gasteiger charge is 2.10. The molecule has 18 heavy (non-hydrogen) atoms. The first-order chi connectivity index (χ1) is 8.61. The van der Waals surface area contributed by atoms with E-state index in [1.807, 2.05) is 24.4 Å². The predicted molar refractivity (Wildman–Crippen MR) is 74.6 cm³/mol. The van der Waals surface area contributed by atoms with E-state index in [4.69, 9.17) is 10.8 Å². The van der Waals surface area contributed by atoms with Crippen LogP contribution in [0, 0.1) is 0 Å². The van der Waals surface area contributed by atoms with Crippen molar-refractivity contribution in [3.8, 4) is 0 Å². The van der Waals surface area contributed by atoms with Gasteiger partial charge in [0.1, 0.15) is 6.54 Å². The highest BCUT2D eigenvalue weighted by Crippen LogP contribution is 2.26. The largest absolute Gasteiger partial charge is 0.480 e. The fraction of sp³-hybridized carbons (Fsp3) is 0.308. The Bertz CT molecular complexity index is 578. The third-order valence-electron chi connectivity index (χ3n) is 2.88. The molecule has 4 nitrogen and oxygen atoms in total. The average Bonchev–Trinajstić information content (AvgIpc) is 2.64. The molecule has 1 aromatic heterocycles. The number of carbonyl (C=O) groups is 1. The standard InChI is InChI=1S/C13H15BrN2O2/c14-10-3-4-11-9(2-1-5-15)7-16(8-13(17)18)12(11)6-10/h3-4,6-7H,1-2,5,8,15H2,(H,17,18). The lowest BCUT2D eigenvalue weighted by Gasteiger charge is -2.01. The van der Waals surface area contributed by atoms with Gasteiger partial charge in [-0.2, -0.15) is 0 Å². The summed E-state index contributed by atoms with van der Waals surface area (Å²) in [6.45, 7) is 0.623. The quantitative estimate of drug-likeness (QED) is 0.891. The zero-order valence-corrected chi connectivity index (χ0v) is 11.5. The van der Waals surface area contributed by atoms with Gasteiger partial charge in [-0.15, -0.1) is 0 Å². The van der Waals surface area contributed by atoms with E-state index in [1.165, 1.54) is 0 Å². The lowest BCUT2D eigenvalue weighted by Crippen LogP contribution is -2.07. The Labute approximate surface area is 114 Å². The predicted octanol–water partition coefficient (Wildman–Crippen LogP) is 2.38. The minimum absolute atomic E-state index is 0.0183. The van der Waals surface area contributed by atoms with Crippen LogP contribution in [-0.2, 0) is 17.8 Å². The maximum Gasteiger partial charge on any atom is 0.323 e. The first kappa shape index (κ1) is 13.1. The summed E-state index contributed by atoms with van der Waals surface area (Å²) in [5.41, 5.74) is 7.62. The van der Waals surface area contributed by atoms with E-state index in [2.05, 4.69) is 15.9 Å². The molecular formula is C13H15BrN2O2. The number of aliphatic carboxylic acids is 1. The molecule has 1 aromatic carbocycles. The molecule has 0 spiro atoms. The van der Waals surface area contributed by atoms with Crippen LogP contribution in [0.5, 0.6) is 0 Å². The average molecular weight is 311 g/mol. The summed E-state index contributed by atoms with van der Waals surface area (Å²) in [7, 11) is 0. The van der Waals surface area contributed by atoms with E-state index in [-0.39, 0.29) is 6.54 Å². The van der Waals surface area contributed by atoms with Gasteiger partial charge >= 0.3 is 5.97 Å². The molecule has 2 rings (SSSR count). The summed E-state index contributed by atoms with van der Waals surface area (Å²) in [6, 6.07) is 5.94. The summed E-state index contributed by atoms with van der Waals surface area (Å²) in [6.07, 6.45) is 3.70. The fourth-order valence-corrected chi connectivity index (χ4v) is 2.46. The van der Waals surface area contributed by atoms with Gasteiger partial charge in [0.15, 0.2) is 0 Å². The summed E-state index contributed by atoms with van der Waals surface area (Å²) in [5.74, 6) is -0.836. The van der Waals surface area contributed by atoms with E-state index < -0.39 is 5.97 Å². The van der Waals surface area contributed by atoms with Crippen LogP contribution >= 0.6 is 15.9 Å². The summed E-state index contributed by atoms with van der Waals surface area (Å²) in [4.78, 5) is 10.9. The van der Waals surface area contributed by atoms with E-state index >= 15 is 0 Å². The van der Waals surface area contributed by atoms with E-state index in [1.54, 1.807) is 4.57 Å². The maximum atomic E-state index is 10.9. The molecule has 0 saturated heterocycles. The summed E-state index contributed by atoms with van der Waals surface area (Å²) >= 11 is 3.41. The number of carboxylic acid groups (broad SMARTS) is 1. The second-order valence-electron chi connectivity index (χ2n) is 4.23. The van der Waals surface area contributed by atoms with Gasteiger partial charge < -0.3 is 15.4 Å². The van der Waals surface area contributed by atoms with Crippen LogP contribution < -0.4 is 5.73 Å². The van der Waals surface area contributed by atoms with Crippen LogP contribution in [0.4, 0.5) is 0 Å². The Balaban J connectivity index is 2.48. The van der Waals surface area contributed by atoms with Crippen LogP contribution in [0.25, 0.3) is 10.9 Å². The van der Waals surface area contributed by atoms with Crippen LogP contribution in [0.15, 0.2) is 28.9 Å². The molecule has 0 aliphatic carbocycles. The molecule has 0 amide bonds. The normalized spacial score (nSPS) is 11.0. The number of rotatable bonds is 5. The number of hydrogen-bond acceptors (Lipinski definition) is 2. The van der Waals surface area contributed by atoms with Crippen LogP contribution in [0.1, 0.15) is 12.0 Å². The van der Waals surface area contributed by atoms with Crippen molar-refractivity contribution >= 4 is 32.8 Å². The molecule has 3 N–H and O–H groups in total. The van der Waals surface area contributed by atoms with Gasteiger partial charge in [-0.3, -0.25) is 4.79 Å². The van der Waals surface area contributed by atoms with Crippen molar-refractivity contribution in [1.29, 1.82) is 0 Å². The van der Waals surface area contributed by atoms with E-state index in [9.17, 15) is 4.79 Å². The molecule has 2 aromatic rings. The van der Waals surface area contributed by atoms with Gasteiger partial charge in [0.2, 0.25) is 0 Å². The number of aromatic nitrogens is 1. The van der Waals surface area contributed by atoms with Crippen molar-refractivity contribution in [2.75, 3.05) is 6.54 Å². The van der Waals surface area contributed by atoms with Gasteiger partial charge in [0, 0.05) is 21.6 Å². The minimum atomic E-state index is -0.836. The number of aryl methyl sites for hydroxylation is 1. The summed E-state index contributed by atoms with van der Waals surface area (Å²) < 4.78 is 2.72. The lowest BCUT2D eigenvalue weighted by molar-refractivity contribution is -0.137. The number of hydrogen-bond donors (Lipinski definition) is 2. The van der Waals surface area contributed by atoms with E-state index in [0.717, 1.165) is 33.8 Å². The molecule has 5 heteroatoms. The molecule has 0 aliphatic rings. The maximum absolute atomic E-state index is 10.9. The Morgan fingerprint density at radius 2 is 2.22 bits per heavy atom. The molecule has 0 unspecified atom stereocenters. The van der Waals surface area contributed by atoms with Crippen molar-refractivity contribution in [1.82, 2.24) is 4.57 Å². The number of benzene rings is 1. The SMILES string of the molecule is NCCCc1cn(CC(=O)O)c2cc(Br)ccc12. The monoisotopic (exact) mass is 310 g/mol. The van der Waals surface area contributed by atoms with Crippen molar-refractivity contribution < 1.29 is 9.90 Å². The topological polar surface area (TPSA) is 68.2 Å². The first-order valence-electron chi connectivity index (χ1n) is 5.81. The fourth-order valence-electron chi connectivity index (χ4n) is 2.11. The Hall–Kier alpha value is -1.33. The first-order valence-corrected chi connectivity index (χ1v) is 6.60. The van der Waals surface area contributed by atoms with Gasteiger partial charge in [-0.1, -0.05) is 22.0 Å². The second-order valence-corrected chi connectivity index (χ2v) is 5.15. The van der Waals surface area contributed by atoms with Crippen molar-refractivity contribution in [3.63, 3.8) is 0 Å². The van der Waals surface area contributed by atoms with Gasteiger partial charge in [-0.25, -0.2) is 0 Å². The van der Waals surface area contributed by atoms with Gasteiger partial charge in [-0.05, 0) is 37.1 Å². The molecule has 1 heterocycles. The number of carboxylic acids is 1. The smallest absolute Gasteiger partial charge is 0.323 e. The Morgan fingerprint density at radius 1 is 1.44 bits per heavy atom.